The highest BCUT2D eigenvalue weighted by molar-refractivity contribution is 7.99. The van der Waals surface area contributed by atoms with Gasteiger partial charge in [0, 0.05) is 28.7 Å². The van der Waals surface area contributed by atoms with E-state index >= 15 is 0 Å². The van der Waals surface area contributed by atoms with Crippen LogP contribution in [-0.2, 0) is 6.42 Å². The van der Waals surface area contributed by atoms with Gasteiger partial charge in [-0.15, -0.1) is 11.8 Å². The molecular weight excluding hydrogens is 228 g/mol. The Balaban J connectivity index is 1.90. The number of rotatable bonds is 4. The van der Waals surface area contributed by atoms with Gasteiger partial charge in [-0.3, -0.25) is 4.98 Å². The first kappa shape index (κ1) is 12.0. The molecule has 0 fully saturated rings. The van der Waals surface area contributed by atoms with Crippen LogP contribution in [0.1, 0.15) is 11.1 Å². The maximum Gasteiger partial charge on any atom is 0.0454 e. The van der Waals surface area contributed by atoms with Crippen LogP contribution in [0.5, 0.6) is 0 Å². The minimum absolute atomic E-state index is 0.876. The van der Waals surface area contributed by atoms with E-state index in [0.717, 1.165) is 17.9 Å². The first-order valence-corrected chi connectivity index (χ1v) is 6.62. The molecule has 0 aliphatic rings. The maximum absolute atomic E-state index is 5.97. The summed E-state index contributed by atoms with van der Waals surface area (Å²) in [4.78, 5) is 5.27. The Bertz CT molecular complexity index is 483. The first-order valence-electron chi connectivity index (χ1n) is 5.63. The van der Waals surface area contributed by atoms with Crippen LogP contribution in [0.15, 0.2) is 47.6 Å². The molecule has 0 aliphatic heterocycles. The van der Waals surface area contributed by atoms with Crippen molar-refractivity contribution >= 4 is 17.4 Å². The van der Waals surface area contributed by atoms with Crippen LogP contribution in [0, 0.1) is 6.92 Å². The van der Waals surface area contributed by atoms with Crippen molar-refractivity contribution in [1.29, 1.82) is 0 Å². The lowest BCUT2D eigenvalue weighted by molar-refractivity contribution is 1.11. The van der Waals surface area contributed by atoms with Gasteiger partial charge in [0.2, 0.25) is 0 Å². The summed E-state index contributed by atoms with van der Waals surface area (Å²) in [5, 5.41) is 0. The third-order valence-corrected chi connectivity index (χ3v) is 3.63. The van der Waals surface area contributed by atoms with Crippen molar-refractivity contribution in [2.24, 2.45) is 0 Å². The van der Waals surface area contributed by atoms with Gasteiger partial charge in [-0.25, -0.2) is 0 Å². The molecule has 0 radical (unpaired) electrons. The molecule has 17 heavy (non-hydrogen) atoms. The molecule has 0 bridgehead atoms. The monoisotopic (exact) mass is 244 g/mol. The molecule has 2 aromatic rings. The lowest BCUT2D eigenvalue weighted by atomic mass is 10.2. The third kappa shape index (κ3) is 3.49. The average molecular weight is 244 g/mol. The molecule has 1 aromatic carbocycles. The summed E-state index contributed by atoms with van der Waals surface area (Å²) in [6.45, 7) is 2.06. The molecule has 0 saturated heterocycles. The molecule has 0 unspecified atom stereocenters. The van der Waals surface area contributed by atoms with Crippen LogP contribution >= 0.6 is 11.8 Å². The number of benzene rings is 1. The van der Waals surface area contributed by atoms with E-state index < -0.39 is 0 Å². The van der Waals surface area contributed by atoms with Gasteiger partial charge in [0.15, 0.2) is 0 Å². The Labute approximate surface area is 106 Å². The van der Waals surface area contributed by atoms with Crippen molar-refractivity contribution in [2.75, 3.05) is 11.5 Å². The van der Waals surface area contributed by atoms with Gasteiger partial charge >= 0.3 is 0 Å². The lowest BCUT2D eigenvalue weighted by Gasteiger charge is -2.06. The molecule has 2 rings (SSSR count). The zero-order chi connectivity index (χ0) is 12.1. The first-order chi connectivity index (χ1) is 8.25. The summed E-state index contributed by atoms with van der Waals surface area (Å²) >= 11 is 1.80. The zero-order valence-electron chi connectivity index (χ0n) is 9.89. The van der Waals surface area contributed by atoms with Gasteiger partial charge in [0.1, 0.15) is 0 Å². The molecule has 2 N–H and O–H groups in total. The second-order valence-corrected chi connectivity index (χ2v) is 5.14. The topological polar surface area (TPSA) is 38.9 Å². The van der Waals surface area contributed by atoms with Gasteiger partial charge in [-0.1, -0.05) is 12.1 Å². The number of hydrogen-bond acceptors (Lipinski definition) is 3. The van der Waals surface area contributed by atoms with E-state index in [1.807, 2.05) is 18.3 Å². The molecule has 1 aromatic heterocycles. The van der Waals surface area contributed by atoms with Crippen LogP contribution < -0.4 is 5.73 Å². The average Bonchev–Trinajstić information content (AvgIpc) is 2.33. The highest BCUT2D eigenvalue weighted by Crippen LogP contribution is 2.26. The predicted octanol–water partition coefficient (Wildman–Crippen LogP) is 3.31. The van der Waals surface area contributed by atoms with E-state index in [2.05, 4.69) is 30.1 Å². The van der Waals surface area contributed by atoms with Crippen molar-refractivity contribution in [3.8, 4) is 0 Å². The van der Waals surface area contributed by atoms with Crippen molar-refractivity contribution in [3.63, 3.8) is 0 Å². The Morgan fingerprint density at radius 3 is 2.88 bits per heavy atom. The molecule has 0 atom stereocenters. The molecule has 2 nitrogen and oxygen atoms in total. The second kappa shape index (κ2) is 5.73. The van der Waals surface area contributed by atoms with Crippen LogP contribution in [0.2, 0.25) is 0 Å². The van der Waals surface area contributed by atoms with E-state index in [-0.39, 0.29) is 0 Å². The number of nitrogens with zero attached hydrogens (tertiary/aromatic N) is 1. The maximum atomic E-state index is 5.97. The van der Waals surface area contributed by atoms with Crippen LogP contribution in [0.4, 0.5) is 5.69 Å². The Kier molecular flexibility index (Phi) is 4.04. The van der Waals surface area contributed by atoms with Crippen LogP contribution in [-0.4, -0.2) is 10.7 Å². The van der Waals surface area contributed by atoms with E-state index in [0.29, 0.717) is 0 Å². The van der Waals surface area contributed by atoms with Crippen molar-refractivity contribution < 1.29 is 0 Å². The van der Waals surface area contributed by atoms with Gasteiger partial charge in [-0.2, -0.15) is 0 Å². The van der Waals surface area contributed by atoms with Gasteiger partial charge in [-0.05, 0) is 42.7 Å². The molecule has 0 spiro atoms. The molecular formula is C14H16N2S. The fraction of sp³-hybridized carbons (Fsp3) is 0.214. The number of aromatic nitrogens is 1. The number of nitrogens with two attached hydrogens (primary N) is 1. The van der Waals surface area contributed by atoms with Crippen LogP contribution in [0.3, 0.4) is 0 Å². The second-order valence-electron chi connectivity index (χ2n) is 4.00. The molecule has 0 saturated carbocycles. The summed E-state index contributed by atoms with van der Waals surface area (Å²) in [5.74, 6) is 1.03. The standard InChI is InChI=1S/C14H16N2S/c1-11-4-5-14(13(15)9-11)17-8-6-12-3-2-7-16-10-12/h2-5,7,9-10H,6,8,15H2,1H3. The van der Waals surface area contributed by atoms with E-state index in [1.54, 1.807) is 18.0 Å². The SMILES string of the molecule is Cc1ccc(SCCc2cccnc2)c(N)c1. The molecule has 1 heterocycles. The molecule has 88 valence electrons. The minimum Gasteiger partial charge on any atom is -0.398 e. The summed E-state index contributed by atoms with van der Waals surface area (Å²) in [6, 6.07) is 10.3. The number of aryl methyl sites for hydroxylation is 2. The predicted molar refractivity (Wildman–Crippen MR) is 74.3 cm³/mol. The Morgan fingerprint density at radius 1 is 1.29 bits per heavy atom. The van der Waals surface area contributed by atoms with Gasteiger partial charge in [0.05, 0.1) is 0 Å². The number of nitrogen functional groups attached to an aromatic ring is 1. The van der Waals surface area contributed by atoms with Crippen molar-refractivity contribution in [3.05, 3.63) is 53.9 Å². The quantitative estimate of drug-likeness (QED) is 0.662. The number of pyridine rings is 1. The normalized spacial score (nSPS) is 10.4. The minimum atomic E-state index is 0.876. The molecule has 0 amide bonds. The fourth-order valence-corrected chi connectivity index (χ4v) is 2.57. The zero-order valence-corrected chi connectivity index (χ0v) is 10.7. The largest absolute Gasteiger partial charge is 0.398 e. The molecule has 3 heteroatoms. The summed E-state index contributed by atoms with van der Waals surface area (Å²) in [5.41, 5.74) is 9.32. The van der Waals surface area contributed by atoms with Gasteiger partial charge < -0.3 is 5.73 Å². The Morgan fingerprint density at radius 2 is 2.18 bits per heavy atom. The van der Waals surface area contributed by atoms with Crippen molar-refractivity contribution in [2.45, 2.75) is 18.2 Å². The Hall–Kier alpha value is -1.48. The number of thioether (sulfide) groups is 1. The number of anilines is 1. The van der Waals surface area contributed by atoms with Gasteiger partial charge in [0.25, 0.3) is 0 Å². The van der Waals surface area contributed by atoms with Crippen molar-refractivity contribution in [1.82, 2.24) is 4.98 Å². The molecule has 0 aliphatic carbocycles. The summed E-state index contributed by atoms with van der Waals surface area (Å²) < 4.78 is 0. The van der Waals surface area contributed by atoms with E-state index in [4.69, 9.17) is 5.73 Å². The van der Waals surface area contributed by atoms with Crippen LogP contribution in [0.25, 0.3) is 0 Å². The summed E-state index contributed by atoms with van der Waals surface area (Å²) in [6.07, 6.45) is 4.74. The third-order valence-electron chi connectivity index (χ3n) is 2.54. The summed E-state index contributed by atoms with van der Waals surface area (Å²) in [7, 11) is 0. The van der Waals surface area contributed by atoms with E-state index in [1.165, 1.54) is 16.0 Å². The highest BCUT2D eigenvalue weighted by Gasteiger charge is 2.00. The van der Waals surface area contributed by atoms with E-state index in [9.17, 15) is 0 Å². The smallest absolute Gasteiger partial charge is 0.0454 e. The number of hydrogen-bond donors (Lipinski definition) is 1. The highest BCUT2D eigenvalue weighted by atomic mass is 32.2. The fourth-order valence-electron chi connectivity index (χ4n) is 1.62. The lowest BCUT2D eigenvalue weighted by Crippen LogP contribution is -1.92.